The number of non-ortho nitro benzene ring substituents is 1. The van der Waals surface area contributed by atoms with Crippen molar-refractivity contribution in [2.24, 2.45) is 0 Å². The van der Waals surface area contributed by atoms with Crippen LogP contribution in [0.1, 0.15) is 16.8 Å². The number of amides is 1. The van der Waals surface area contributed by atoms with Gasteiger partial charge in [0.2, 0.25) is 0 Å². The number of benzene rings is 1. The molecule has 2 atom stereocenters. The van der Waals surface area contributed by atoms with Crippen LogP contribution in [0.2, 0.25) is 5.02 Å². The Morgan fingerprint density at radius 2 is 2.05 bits per heavy atom. The molecule has 1 aliphatic heterocycles. The minimum atomic E-state index is -1.24. The zero-order valence-corrected chi connectivity index (χ0v) is 11.4. The largest absolute Gasteiger partial charge is 0.480 e. The molecule has 1 heterocycles. The van der Waals surface area contributed by atoms with Crippen molar-refractivity contribution < 1.29 is 24.7 Å². The van der Waals surface area contributed by atoms with Gasteiger partial charge in [0.25, 0.3) is 11.6 Å². The summed E-state index contributed by atoms with van der Waals surface area (Å²) in [4.78, 5) is 34.4. The van der Waals surface area contributed by atoms with E-state index in [0.717, 1.165) is 17.0 Å². The smallest absolute Gasteiger partial charge is 0.326 e. The molecule has 0 unspecified atom stereocenters. The quantitative estimate of drug-likeness (QED) is 0.631. The average Bonchev–Trinajstić information content (AvgIpc) is 2.79. The molecule has 0 saturated carbocycles. The maximum atomic E-state index is 12.3. The van der Waals surface area contributed by atoms with E-state index in [1.807, 2.05) is 0 Å². The van der Waals surface area contributed by atoms with Crippen molar-refractivity contribution in [2.45, 2.75) is 18.6 Å². The zero-order chi connectivity index (χ0) is 15.7. The fraction of sp³-hybridized carbons (Fsp3) is 0.333. The molecule has 21 heavy (non-hydrogen) atoms. The second-order valence-electron chi connectivity index (χ2n) is 4.66. The summed E-state index contributed by atoms with van der Waals surface area (Å²) < 4.78 is 0. The highest BCUT2D eigenvalue weighted by molar-refractivity contribution is 6.31. The summed E-state index contributed by atoms with van der Waals surface area (Å²) in [7, 11) is 0. The van der Waals surface area contributed by atoms with E-state index in [2.05, 4.69) is 0 Å². The third kappa shape index (κ3) is 3.11. The molecule has 1 saturated heterocycles. The van der Waals surface area contributed by atoms with Crippen LogP contribution in [0.15, 0.2) is 18.2 Å². The number of aliphatic hydroxyl groups is 1. The molecule has 9 heteroatoms. The van der Waals surface area contributed by atoms with Crippen molar-refractivity contribution >= 4 is 29.2 Å². The summed E-state index contributed by atoms with van der Waals surface area (Å²) in [5.74, 6) is -1.96. The van der Waals surface area contributed by atoms with Crippen LogP contribution in [-0.2, 0) is 4.79 Å². The Morgan fingerprint density at radius 3 is 2.62 bits per heavy atom. The molecule has 2 N–H and O–H groups in total. The lowest BCUT2D eigenvalue weighted by molar-refractivity contribution is -0.384. The maximum absolute atomic E-state index is 12.3. The summed E-state index contributed by atoms with van der Waals surface area (Å²) in [6, 6.07) is 2.18. The predicted octanol–water partition coefficient (Wildman–Crippen LogP) is 0.908. The van der Waals surface area contributed by atoms with Crippen LogP contribution in [0.4, 0.5) is 5.69 Å². The number of nitro groups is 1. The van der Waals surface area contributed by atoms with E-state index in [-0.39, 0.29) is 29.2 Å². The standard InChI is InChI=1S/C12H11ClN2O6/c13-7-1-6(2-8(3-7)15(20)21)11(17)14-5-9(16)4-10(14)12(18)19/h1-3,9-10,16H,4-5H2,(H,18,19)/t9-,10-/m1/s1. The highest BCUT2D eigenvalue weighted by atomic mass is 35.5. The Labute approximate surface area is 123 Å². The van der Waals surface area contributed by atoms with Crippen LogP contribution in [0.25, 0.3) is 0 Å². The van der Waals surface area contributed by atoms with Crippen LogP contribution in [0, 0.1) is 10.1 Å². The second-order valence-corrected chi connectivity index (χ2v) is 5.09. The van der Waals surface area contributed by atoms with E-state index in [4.69, 9.17) is 16.7 Å². The van der Waals surface area contributed by atoms with E-state index in [9.17, 15) is 24.8 Å². The first-order valence-electron chi connectivity index (χ1n) is 5.96. The number of carbonyl (C=O) groups is 2. The van der Waals surface area contributed by atoms with Crippen LogP contribution in [0.5, 0.6) is 0 Å². The summed E-state index contributed by atoms with van der Waals surface area (Å²) in [5, 5.41) is 29.3. The molecule has 0 spiro atoms. The molecule has 8 nitrogen and oxygen atoms in total. The third-order valence-corrected chi connectivity index (χ3v) is 3.38. The number of hydrogen-bond donors (Lipinski definition) is 2. The first-order chi connectivity index (χ1) is 9.79. The monoisotopic (exact) mass is 314 g/mol. The Balaban J connectivity index is 2.35. The first kappa shape index (κ1) is 15.2. The van der Waals surface area contributed by atoms with Crippen LogP contribution >= 0.6 is 11.6 Å². The van der Waals surface area contributed by atoms with E-state index in [0.29, 0.717) is 0 Å². The topological polar surface area (TPSA) is 121 Å². The number of halogens is 1. The van der Waals surface area contributed by atoms with Gasteiger partial charge in [0.15, 0.2) is 0 Å². The minimum Gasteiger partial charge on any atom is -0.480 e. The van der Waals surface area contributed by atoms with Crippen LogP contribution in [-0.4, -0.2) is 50.6 Å². The van der Waals surface area contributed by atoms with Crippen molar-refractivity contribution in [2.75, 3.05) is 6.54 Å². The van der Waals surface area contributed by atoms with Crippen molar-refractivity contribution in [1.82, 2.24) is 4.90 Å². The number of nitro benzene ring substituents is 1. The normalized spacial score (nSPS) is 21.3. The molecular formula is C12H11ClN2O6. The van der Waals surface area contributed by atoms with E-state index >= 15 is 0 Å². The van der Waals surface area contributed by atoms with Gasteiger partial charge in [-0.3, -0.25) is 14.9 Å². The number of carboxylic acid groups (broad SMARTS) is 1. The van der Waals surface area contributed by atoms with Gasteiger partial charge in [-0.1, -0.05) is 11.6 Å². The molecule has 1 aromatic rings. The molecular weight excluding hydrogens is 304 g/mol. The van der Waals surface area contributed by atoms with Gasteiger partial charge in [-0.25, -0.2) is 4.79 Å². The minimum absolute atomic E-state index is 0.000768. The molecule has 0 aromatic heterocycles. The molecule has 1 aromatic carbocycles. The number of hydrogen-bond acceptors (Lipinski definition) is 5. The number of β-amino-alcohol motifs (C(OH)–C–C–N with tert-alkyl or cyclic N) is 1. The van der Waals surface area contributed by atoms with Crippen molar-refractivity contribution in [3.8, 4) is 0 Å². The number of carboxylic acids is 1. The van der Waals surface area contributed by atoms with E-state index in [1.54, 1.807) is 0 Å². The van der Waals surface area contributed by atoms with Gasteiger partial charge in [0.05, 0.1) is 11.0 Å². The van der Waals surface area contributed by atoms with Gasteiger partial charge in [0.1, 0.15) is 6.04 Å². The van der Waals surface area contributed by atoms with Gasteiger partial charge in [-0.05, 0) is 6.07 Å². The number of aliphatic carboxylic acids is 1. The van der Waals surface area contributed by atoms with Crippen LogP contribution < -0.4 is 0 Å². The summed E-state index contributed by atoms with van der Waals surface area (Å²) >= 11 is 5.73. The Morgan fingerprint density at radius 1 is 1.38 bits per heavy atom. The molecule has 0 bridgehead atoms. The van der Waals surface area contributed by atoms with Gasteiger partial charge in [-0.2, -0.15) is 0 Å². The molecule has 2 rings (SSSR count). The van der Waals surface area contributed by atoms with Crippen molar-refractivity contribution in [1.29, 1.82) is 0 Å². The van der Waals surface area contributed by atoms with Crippen molar-refractivity contribution in [3.05, 3.63) is 38.9 Å². The van der Waals surface area contributed by atoms with Gasteiger partial charge >= 0.3 is 5.97 Å². The lowest BCUT2D eigenvalue weighted by Crippen LogP contribution is -2.40. The maximum Gasteiger partial charge on any atom is 0.326 e. The van der Waals surface area contributed by atoms with Gasteiger partial charge in [-0.15, -0.1) is 0 Å². The molecule has 0 aliphatic carbocycles. The molecule has 1 amide bonds. The number of aliphatic hydroxyl groups excluding tert-OH is 1. The molecule has 112 valence electrons. The number of rotatable bonds is 3. The SMILES string of the molecule is O=C(O)[C@H]1C[C@@H](O)CN1C(=O)c1cc(Cl)cc([N+](=O)[O-])c1. The van der Waals surface area contributed by atoms with Crippen LogP contribution in [0.3, 0.4) is 0 Å². The highest BCUT2D eigenvalue weighted by Gasteiger charge is 2.39. The zero-order valence-electron chi connectivity index (χ0n) is 10.6. The summed E-state index contributed by atoms with van der Waals surface area (Å²) in [5.41, 5.74) is -0.452. The number of nitrogens with zero attached hydrogens (tertiary/aromatic N) is 2. The summed E-state index contributed by atoms with van der Waals surface area (Å²) in [6.45, 7) is -0.143. The Kier molecular flexibility index (Phi) is 4.10. The predicted molar refractivity (Wildman–Crippen MR) is 71.2 cm³/mol. The summed E-state index contributed by atoms with van der Waals surface area (Å²) in [6.07, 6.45) is -1.02. The first-order valence-corrected chi connectivity index (χ1v) is 6.34. The Bertz CT molecular complexity index is 620. The third-order valence-electron chi connectivity index (χ3n) is 3.17. The molecule has 1 fully saturated rings. The highest BCUT2D eigenvalue weighted by Crippen LogP contribution is 2.25. The molecule has 0 radical (unpaired) electrons. The molecule has 1 aliphatic rings. The van der Waals surface area contributed by atoms with Gasteiger partial charge < -0.3 is 15.1 Å². The number of likely N-dealkylation sites (tertiary alicyclic amines) is 1. The van der Waals surface area contributed by atoms with Crippen molar-refractivity contribution in [3.63, 3.8) is 0 Å². The average molecular weight is 315 g/mol. The fourth-order valence-electron chi connectivity index (χ4n) is 2.24. The van der Waals surface area contributed by atoms with E-state index < -0.39 is 28.9 Å². The second kappa shape index (κ2) is 5.66. The lowest BCUT2D eigenvalue weighted by Gasteiger charge is -2.21. The lowest BCUT2D eigenvalue weighted by atomic mass is 10.1. The van der Waals surface area contributed by atoms with E-state index in [1.165, 1.54) is 6.07 Å². The number of carbonyl (C=O) groups excluding carboxylic acids is 1. The van der Waals surface area contributed by atoms with Gasteiger partial charge in [0, 0.05) is 35.7 Å². The Hall–Kier alpha value is -2.19. The fourth-order valence-corrected chi connectivity index (χ4v) is 2.47.